The number of ketones is 2. The van der Waals surface area contributed by atoms with Gasteiger partial charge in [0.1, 0.15) is 78.7 Å². The number of nitrogens with two attached hydrogens (primary N) is 1. The van der Waals surface area contributed by atoms with Crippen molar-refractivity contribution in [2.75, 3.05) is 65.8 Å². The Morgan fingerprint density at radius 3 is 1.04 bits per heavy atom. The SMILES string of the molecule is CCC1OC(OC(C)=O)C(OC(C)=O)[C@@H](C)[C@H]1OC(C)=O.CCC1O[C@@H](OCCNCC(=O)c2ccccc2)C(OC(C)=O)[C@@H](C)[C@H]1OC(C)=O.CCC1O[C@@H](Sc2ccccc2)C(OC(C)=O)[C@@H](C)[C@H]1OC(C)=O.NCCO[C@@H]1OC(CO)[C@H](O)[C@H](O)C1O.O=C(CNCCO[C@@H]1OC(CO)[C@H](O)[C@H](O)C1O)c1ccccc1.[Ar]. The number of nitrogens with one attached hydrogen (secondary N) is 2. The Morgan fingerprint density at radius 1 is 0.383 bits per heavy atom. The van der Waals surface area contributed by atoms with Gasteiger partial charge in [-0.25, -0.2) is 0 Å². The summed E-state index contributed by atoms with van der Waals surface area (Å²) < 4.78 is 81.5. The van der Waals surface area contributed by atoms with E-state index in [9.17, 15) is 73.8 Å². The molecule has 8 rings (SSSR count). The van der Waals surface area contributed by atoms with Gasteiger partial charge in [0, 0.05) is 140 Å². The van der Waals surface area contributed by atoms with Gasteiger partial charge in [0.2, 0.25) is 6.29 Å². The van der Waals surface area contributed by atoms with Crippen LogP contribution in [0.1, 0.15) is 130 Å². The summed E-state index contributed by atoms with van der Waals surface area (Å²) in [6, 6.07) is 27.7. The topological polar surface area (TPSA) is 504 Å². The van der Waals surface area contributed by atoms with Gasteiger partial charge in [-0.1, -0.05) is 132 Å². The molecular formula is C78H117ArN3O32S. The predicted octanol–water partition coefficient (Wildman–Crippen LogP) is 1.74. The van der Waals surface area contributed by atoms with E-state index < -0.39 is 160 Å². The average Bonchev–Trinajstić information content (AvgIpc) is 0.798. The minimum atomic E-state index is -1.46. The molecule has 5 aliphatic heterocycles. The van der Waals surface area contributed by atoms with E-state index >= 15 is 0 Å². The Kier molecular flexibility index (Phi) is 48.8. The summed E-state index contributed by atoms with van der Waals surface area (Å²) in [6.45, 7) is 21.4. The number of ether oxygens (including phenoxy) is 15. The molecule has 0 amide bonds. The molecule has 35 nitrogen and oxygen atoms in total. The van der Waals surface area contributed by atoms with Crippen LogP contribution in [0, 0.1) is 55.5 Å². The molecule has 37 heteroatoms. The first-order valence-electron chi connectivity index (χ1n) is 37.8. The number of hydrogen-bond acceptors (Lipinski definition) is 36. The van der Waals surface area contributed by atoms with Crippen molar-refractivity contribution in [1.82, 2.24) is 10.6 Å². The molecule has 0 bridgehead atoms. The van der Waals surface area contributed by atoms with Crippen molar-refractivity contribution in [2.45, 2.75) is 249 Å². The second-order valence-electron chi connectivity index (χ2n) is 27.1. The summed E-state index contributed by atoms with van der Waals surface area (Å²) in [5.41, 5.74) is 6.11. The van der Waals surface area contributed by atoms with E-state index in [1.807, 2.05) is 89.2 Å². The van der Waals surface area contributed by atoms with Crippen molar-refractivity contribution < 1.29 is 193 Å². The molecule has 650 valence electrons. The smallest absolute Gasteiger partial charge is 0.305 e. The van der Waals surface area contributed by atoms with Crippen LogP contribution in [-0.4, -0.2) is 294 Å². The maximum absolute atomic E-state index is 12.1. The van der Waals surface area contributed by atoms with Gasteiger partial charge in [0.15, 0.2) is 42.6 Å². The van der Waals surface area contributed by atoms with E-state index in [0.717, 1.165) is 4.90 Å². The van der Waals surface area contributed by atoms with Crippen molar-refractivity contribution in [3.63, 3.8) is 0 Å². The fraction of sp³-hybridized carbons (Fsp3) is 0.654. The van der Waals surface area contributed by atoms with Crippen molar-refractivity contribution in [3.05, 3.63) is 102 Å². The average molecular weight is 1680 g/mol. The van der Waals surface area contributed by atoms with Crippen LogP contribution in [0.2, 0.25) is 0 Å². The van der Waals surface area contributed by atoms with Gasteiger partial charge in [0.05, 0.1) is 64.4 Å². The second-order valence-corrected chi connectivity index (χ2v) is 28.3. The van der Waals surface area contributed by atoms with Gasteiger partial charge in [-0.3, -0.25) is 43.2 Å². The van der Waals surface area contributed by atoms with Crippen LogP contribution < -0.4 is 16.4 Å². The molecule has 5 heterocycles. The van der Waals surface area contributed by atoms with Gasteiger partial charge >= 0.3 is 41.8 Å². The van der Waals surface area contributed by atoms with Crippen LogP contribution in [0.25, 0.3) is 0 Å². The van der Waals surface area contributed by atoms with Crippen LogP contribution in [-0.2, 0) is 105 Å². The Balaban J connectivity index is 0.000000377. The van der Waals surface area contributed by atoms with Crippen LogP contribution in [0.4, 0.5) is 0 Å². The maximum atomic E-state index is 12.1. The van der Waals surface area contributed by atoms with E-state index in [1.165, 1.54) is 60.2 Å². The zero-order valence-electron chi connectivity index (χ0n) is 67.0. The summed E-state index contributed by atoms with van der Waals surface area (Å²) in [4.78, 5) is 105. The molecular weight excluding hydrogens is 1560 g/mol. The van der Waals surface area contributed by atoms with Crippen molar-refractivity contribution in [1.29, 1.82) is 0 Å². The number of thioether (sulfide) groups is 1. The van der Waals surface area contributed by atoms with Crippen molar-refractivity contribution in [3.8, 4) is 0 Å². The molecule has 12 N–H and O–H groups in total. The maximum Gasteiger partial charge on any atom is 0.305 e. The van der Waals surface area contributed by atoms with Crippen LogP contribution in [0.5, 0.6) is 0 Å². The van der Waals surface area contributed by atoms with Crippen molar-refractivity contribution >= 4 is 65.1 Å². The molecule has 5 aliphatic rings. The number of rotatable bonds is 31. The zero-order valence-corrected chi connectivity index (χ0v) is 68.5. The number of aliphatic hydroxyl groups is 8. The number of carbonyl (C=O) groups excluding carboxylic acids is 9. The summed E-state index contributed by atoms with van der Waals surface area (Å²) in [5, 5.41) is 81.2. The number of carbonyl (C=O) groups is 9. The van der Waals surface area contributed by atoms with Gasteiger partial charge in [-0.2, -0.15) is 0 Å². The molecule has 11 unspecified atom stereocenters. The molecule has 3 aromatic rings. The first-order chi connectivity index (χ1) is 54.2. The molecule has 0 aliphatic carbocycles. The molecule has 25 atom stereocenters. The molecule has 0 radical (unpaired) electrons. The Morgan fingerprint density at radius 2 is 0.687 bits per heavy atom. The standard InChI is InChI=1S/C22H31NO7.C18H24O5S.C16H23NO7.C14H22O7.C8H17NO6.Ar/c1-5-19-20(28-15(3)24)14(2)21(29-16(4)25)22(30-19)27-12-11-23-13-18(26)17-9-7-6-8-10-17;1-5-15-16(21-12(3)19)11(2)17(22-13(4)20)18(23-15)24-14-9-7-6-8-10-14;18-9-12-13(20)14(21)15(22)16(24-12)23-7-6-17-8-11(19)10-4-2-1-3-5-10;1-6-11-12(18-8(3)15)7(2)13(19-9(4)16)14(21-11)20-10(5)17;9-1-2-14-8-7(13)6(12)5(11)4(3-10)15-8;/h6-10,14,19-23H,5,11-13H2,1-4H3;6-11,15-18H,5H2,1-4H3;1-5,12-18,20-22H,6-9H2;7,11-14H,6H2,1-5H3;4-8,10-13H,1-3,9H2;/t14-,19?,20+,21?,22+;11-,15?,16+,17?,18-;12?,13-,14-,15?,16+;7-,11?,12+,13?,14?;4?,5-,6-,7?,8+;/m00000./s1. The van der Waals surface area contributed by atoms with E-state index in [4.69, 9.17) is 87.0 Å². The first-order valence-corrected chi connectivity index (χ1v) is 38.7. The van der Waals surface area contributed by atoms with Gasteiger partial charge in [-0.15, -0.1) is 0 Å². The third-order valence-electron chi connectivity index (χ3n) is 18.2. The van der Waals surface area contributed by atoms with E-state index in [0.29, 0.717) is 43.5 Å². The van der Waals surface area contributed by atoms with Gasteiger partial charge in [-0.05, 0) is 31.4 Å². The molecule has 115 heavy (non-hydrogen) atoms. The number of aliphatic hydroxyl groups excluding tert-OH is 8. The quantitative estimate of drug-likeness (QED) is 0.0189. The minimum absolute atomic E-state index is 0. The number of benzene rings is 3. The number of hydrogen-bond donors (Lipinski definition) is 11. The zero-order chi connectivity index (χ0) is 84.9. The van der Waals surface area contributed by atoms with Crippen molar-refractivity contribution in [2.24, 2.45) is 23.5 Å². The predicted molar refractivity (Wildman–Crippen MR) is 403 cm³/mol. The molecule has 0 spiro atoms. The summed E-state index contributed by atoms with van der Waals surface area (Å²) in [5.74, 6) is -3.98. The normalized spacial score (nSPS) is 30.6. The fourth-order valence-corrected chi connectivity index (χ4v) is 13.8. The molecule has 5 saturated heterocycles. The third kappa shape index (κ3) is 34.4. The van der Waals surface area contributed by atoms with Crippen LogP contribution in [0.3, 0.4) is 0 Å². The Bertz CT molecular complexity index is 3360. The van der Waals surface area contributed by atoms with Gasteiger partial charge < -0.3 is 128 Å². The Labute approximate surface area is 704 Å². The molecule has 0 aromatic heterocycles. The third-order valence-corrected chi connectivity index (χ3v) is 19.4. The van der Waals surface area contributed by atoms with E-state index in [2.05, 4.69) is 10.6 Å². The second kappa shape index (κ2) is 54.3. The molecule has 0 saturated carbocycles. The summed E-state index contributed by atoms with van der Waals surface area (Å²) in [6.07, 6.45) is -17.1. The fourth-order valence-electron chi connectivity index (χ4n) is 12.5. The van der Waals surface area contributed by atoms with Crippen LogP contribution >= 0.6 is 11.8 Å². The first kappa shape index (κ1) is 103. The summed E-state index contributed by atoms with van der Waals surface area (Å²) in [7, 11) is 0. The number of Topliss-reactive ketones (excluding diaryl/α,β-unsaturated/α-hetero) is 2. The van der Waals surface area contributed by atoms with Crippen LogP contribution in [0.15, 0.2) is 95.9 Å². The Hall–Kier alpha value is -5.86. The van der Waals surface area contributed by atoms with Gasteiger partial charge in [0.25, 0.3) is 0 Å². The molecule has 5 fully saturated rings. The number of esters is 7. The molecule has 3 aromatic carbocycles. The largest absolute Gasteiger partial charge is 0.459 e. The van der Waals surface area contributed by atoms with E-state index in [1.54, 1.807) is 43.3 Å². The summed E-state index contributed by atoms with van der Waals surface area (Å²) >= 11 is 1.52. The minimum Gasteiger partial charge on any atom is -0.459 e. The van der Waals surface area contributed by atoms with E-state index in [-0.39, 0.29) is 136 Å². The monoisotopic (exact) mass is 1680 g/mol.